The number of rotatable bonds is 0. The molecule has 1 aromatic heterocycles. The van der Waals surface area contributed by atoms with Crippen LogP contribution in [0.4, 0.5) is 0 Å². The second-order valence-electron chi connectivity index (χ2n) is 3.94. The number of aromatic nitrogens is 2. The first-order valence-corrected chi connectivity index (χ1v) is 5.21. The van der Waals surface area contributed by atoms with Crippen LogP contribution < -0.4 is 5.32 Å². The van der Waals surface area contributed by atoms with E-state index in [0.29, 0.717) is 5.69 Å². The molecule has 0 bridgehead atoms. The first kappa shape index (κ1) is 9.15. The third-order valence-corrected chi connectivity index (χ3v) is 2.93. The molecular formula is C12H11N3O. The molecule has 0 radical (unpaired) electrons. The number of nitrogens with zero attached hydrogens (tertiary/aromatic N) is 1. The maximum atomic E-state index is 11.9. The highest BCUT2D eigenvalue weighted by atomic mass is 16.2. The highest BCUT2D eigenvalue weighted by molar-refractivity contribution is 6.00. The van der Waals surface area contributed by atoms with Crippen LogP contribution in [0.3, 0.4) is 0 Å². The summed E-state index contributed by atoms with van der Waals surface area (Å²) in [5, 5.41) is 9.61. The molecule has 1 atom stereocenters. The smallest absolute Gasteiger partial charge is 0.270 e. The number of carbonyl (C=O) groups excluding carboxylic acids is 1. The molecule has 80 valence electrons. The van der Waals surface area contributed by atoms with E-state index in [1.165, 1.54) is 0 Å². The van der Waals surface area contributed by atoms with E-state index in [0.717, 1.165) is 16.7 Å². The van der Waals surface area contributed by atoms with Gasteiger partial charge in [0, 0.05) is 5.56 Å². The quantitative estimate of drug-likeness (QED) is 0.702. The molecule has 3 rings (SSSR count). The highest BCUT2D eigenvalue weighted by Gasteiger charge is 2.24. The Hall–Kier alpha value is -2.10. The van der Waals surface area contributed by atoms with Gasteiger partial charge in [0.1, 0.15) is 5.69 Å². The number of carbonyl (C=O) groups is 1. The molecule has 0 aliphatic carbocycles. The van der Waals surface area contributed by atoms with Gasteiger partial charge >= 0.3 is 0 Å². The summed E-state index contributed by atoms with van der Waals surface area (Å²) in [5.41, 5.74) is 3.60. The van der Waals surface area contributed by atoms with Gasteiger partial charge in [0.2, 0.25) is 0 Å². The van der Waals surface area contributed by atoms with E-state index in [1.54, 1.807) is 6.20 Å². The Morgan fingerprint density at radius 1 is 1.25 bits per heavy atom. The van der Waals surface area contributed by atoms with Crippen LogP contribution in [0.5, 0.6) is 0 Å². The monoisotopic (exact) mass is 213 g/mol. The van der Waals surface area contributed by atoms with Crippen LogP contribution in [0.2, 0.25) is 0 Å². The van der Waals surface area contributed by atoms with E-state index in [9.17, 15) is 4.79 Å². The normalized spacial score (nSPS) is 18.3. The predicted octanol–water partition coefficient (Wildman–Crippen LogP) is 1.88. The maximum Gasteiger partial charge on any atom is 0.270 e. The molecule has 16 heavy (non-hydrogen) atoms. The van der Waals surface area contributed by atoms with E-state index in [2.05, 4.69) is 15.5 Å². The standard InChI is InChI=1S/C12H11N3O/c1-7-8-4-2-3-5-9(8)10-6-13-15-11(10)12(16)14-7/h2-7H,1H3,(H,13,15)(H,14,16). The third kappa shape index (κ3) is 1.16. The average molecular weight is 213 g/mol. The summed E-state index contributed by atoms with van der Waals surface area (Å²) in [6, 6.07) is 8.01. The molecule has 2 heterocycles. The van der Waals surface area contributed by atoms with Gasteiger partial charge in [-0.15, -0.1) is 0 Å². The number of aromatic amines is 1. The number of amides is 1. The molecular weight excluding hydrogens is 202 g/mol. The van der Waals surface area contributed by atoms with Crippen molar-refractivity contribution in [3.05, 3.63) is 41.7 Å². The first-order valence-electron chi connectivity index (χ1n) is 5.21. The predicted molar refractivity (Wildman–Crippen MR) is 59.9 cm³/mol. The zero-order chi connectivity index (χ0) is 11.1. The number of nitrogens with one attached hydrogen (secondary N) is 2. The molecule has 0 fully saturated rings. The largest absolute Gasteiger partial charge is 0.344 e. The molecule has 0 spiro atoms. The fourth-order valence-corrected chi connectivity index (χ4v) is 2.13. The van der Waals surface area contributed by atoms with Crippen LogP contribution in [0, 0.1) is 0 Å². The molecule has 1 amide bonds. The van der Waals surface area contributed by atoms with Gasteiger partial charge in [0.05, 0.1) is 12.2 Å². The summed E-state index contributed by atoms with van der Waals surface area (Å²) in [6.45, 7) is 1.98. The molecule has 2 aromatic rings. The molecule has 4 nitrogen and oxygen atoms in total. The van der Waals surface area contributed by atoms with Crippen molar-refractivity contribution in [2.75, 3.05) is 0 Å². The summed E-state index contributed by atoms with van der Waals surface area (Å²) < 4.78 is 0. The zero-order valence-electron chi connectivity index (χ0n) is 8.82. The molecule has 2 N–H and O–H groups in total. The van der Waals surface area contributed by atoms with Crippen molar-refractivity contribution in [3.8, 4) is 11.1 Å². The van der Waals surface area contributed by atoms with Crippen molar-refractivity contribution in [3.63, 3.8) is 0 Å². The van der Waals surface area contributed by atoms with Crippen LogP contribution in [-0.4, -0.2) is 16.1 Å². The summed E-state index contributed by atoms with van der Waals surface area (Å²) in [6.07, 6.45) is 1.70. The molecule has 0 saturated heterocycles. The minimum atomic E-state index is -0.101. The molecule has 1 aromatic carbocycles. The summed E-state index contributed by atoms with van der Waals surface area (Å²) >= 11 is 0. The number of benzene rings is 1. The molecule has 0 saturated carbocycles. The molecule has 4 heteroatoms. The van der Waals surface area contributed by atoms with Crippen LogP contribution in [0.25, 0.3) is 11.1 Å². The Labute approximate surface area is 92.7 Å². The number of hydrogen-bond acceptors (Lipinski definition) is 2. The van der Waals surface area contributed by atoms with Crippen molar-refractivity contribution in [1.82, 2.24) is 15.5 Å². The van der Waals surface area contributed by atoms with Crippen molar-refractivity contribution in [2.24, 2.45) is 0 Å². The van der Waals surface area contributed by atoms with Crippen LogP contribution >= 0.6 is 0 Å². The van der Waals surface area contributed by atoms with E-state index in [1.807, 2.05) is 31.2 Å². The Bertz CT molecular complexity index is 559. The minimum Gasteiger partial charge on any atom is -0.344 e. The van der Waals surface area contributed by atoms with Crippen LogP contribution in [-0.2, 0) is 0 Å². The lowest BCUT2D eigenvalue weighted by molar-refractivity contribution is 0.0937. The average Bonchev–Trinajstić information content (AvgIpc) is 2.74. The van der Waals surface area contributed by atoms with E-state index in [-0.39, 0.29) is 11.9 Å². The Kier molecular flexibility index (Phi) is 1.83. The lowest BCUT2D eigenvalue weighted by Crippen LogP contribution is -2.25. The van der Waals surface area contributed by atoms with Gasteiger partial charge in [-0.1, -0.05) is 24.3 Å². The van der Waals surface area contributed by atoms with Crippen molar-refractivity contribution in [2.45, 2.75) is 13.0 Å². The molecule has 1 aliphatic heterocycles. The first-order chi connectivity index (χ1) is 7.77. The van der Waals surface area contributed by atoms with Gasteiger partial charge in [0.25, 0.3) is 5.91 Å². The van der Waals surface area contributed by atoms with Gasteiger partial charge < -0.3 is 5.32 Å². The number of fused-ring (bicyclic) bond motifs is 3. The van der Waals surface area contributed by atoms with Gasteiger partial charge in [-0.2, -0.15) is 5.10 Å². The topological polar surface area (TPSA) is 57.8 Å². The van der Waals surface area contributed by atoms with E-state index in [4.69, 9.17) is 0 Å². The Balaban J connectivity index is 2.32. The second kappa shape index (κ2) is 3.20. The van der Waals surface area contributed by atoms with Gasteiger partial charge in [-0.25, -0.2) is 0 Å². The number of H-pyrrole nitrogens is 1. The highest BCUT2D eigenvalue weighted by Crippen LogP contribution is 2.32. The summed E-state index contributed by atoms with van der Waals surface area (Å²) in [7, 11) is 0. The summed E-state index contributed by atoms with van der Waals surface area (Å²) in [4.78, 5) is 11.9. The van der Waals surface area contributed by atoms with E-state index < -0.39 is 0 Å². The van der Waals surface area contributed by atoms with Gasteiger partial charge in [-0.05, 0) is 18.1 Å². The molecule has 1 aliphatic rings. The minimum absolute atomic E-state index is 0.0181. The van der Waals surface area contributed by atoms with Crippen molar-refractivity contribution in [1.29, 1.82) is 0 Å². The fraction of sp³-hybridized carbons (Fsp3) is 0.167. The lowest BCUT2D eigenvalue weighted by Gasteiger charge is -2.12. The van der Waals surface area contributed by atoms with Crippen molar-refractivity contribution >= 4 is 5.91 Å². The third-order valence-electron chi connectivity index (χ3n) is 2.93. The zero-order valence-corrected chi connectivity index (χ0v) is 8.82. The van der Waals surface area contributed by atoms with Crippen molar-refractivity contribution < 1.29 is 4.79 Å². The van der Waals surface area contributed by atoms with E-state index >= 15 is 0 Å². The maximum absolute atomic E-state index is 11.9. The summed E-state index contributed by atoms with van der Waals surface area (Å²) in [5.74, 6) is -0.101. The second-order valence-corrected chi connectivity index (χ2v) is 3.94. The van der Waals surface area contributed by atoms with Crippen LogP contribution in [0.15, 0.2) is 30.5 Å². The fourth-order valence-electron chi connectivity index (χ4n) is 2.13. The van der Waals surface area contributed by atoms with Crippen LogP contribution in [0.1, 0.15) is 29.0 Å². The SMILES string of the molecule is CC1NC(=O)c2[nH]ncc2-c2ccccc21. The van der Waals surface area contributed by atoms with Gasteiger partial charge in [0.15, 0.2) is 0 Å². The lowest BCUT2D eigenvalue weighted by atomic mass is 9.98. The number of hydrogen-bond donors (Lipinski definition) is 2. The Morgan fingerprint density at radius 3 is 2.94 bits per heavy atom. The Morgan fingerprint density at radius 2 is 2.06 bits per heavy atom. The molecule has 1 unspecified atom stereocenters. The van der Waals surface area contributed by atoms with Gasteiger partial charge in [-0.3, -0.25) is 9.89 Å².